The fourth-order valence-electron chi connectivity index (χ4n) is 2.05. The van der Waals surface area contributed by atoms with Gasteiger partial charge in [0.2, 0.25) is 0 Å². The maximum absolute atomic E-state index is 13.4. The van der Waals surface area contributed by atoms with Crippen molar-refractivity contribution in [1.29, 1.82) is 0 Å². The van der Waals surface area contributed by atoms with Crippen LogP contribution in [0.4, 0.5) is 4.39 Å². The first-order valence-corrected chi connectivity index (χ1v) is 6.61. The molecule has 0 aromatic heterocycles. The van der Waals surface area contributed by atoms with E-state index in [0.29, 0.717) is 0 Å². The molecule has 1 nitrogen and oxygen atoms in total. The third kappa shape index (κ3) is 4.86. The van der Waals surface area contributed by atoms with E-state index in [0.717, 1.165) is 24.2 Å². The van der Waals surface area contributed by atoms with E-state index in [2.05, 4.69) is 12.2 Å². The van der Waals surface area contributed by atoms with Crippen LogP contribution in [-0.4, -0.2) is 6.54 Å². The molecule has 96 valence electrons. The van der Waals surface area contributed by atoms with Crippen molar-refractivity contribution < 1.29 is 4.39 Å². The summed E-state index contributed by atoms with van der Waals surface area (Å²) in [5.41, 5.74) is 2.66. The van der Waals surface area contributed by atoms with Crippen LogP contribution in [-0.2, 0) is 6.54 Å². The van der Waals surface area contributed by atoms with Crippen molar-refractivity contribution in [3.8, 4) is 0 Å². The summed E-state index contributed by atoms with van der Waals surface area (Å²) in [7, 11) is 0. The Morgan fingerprint density at radius 3 is 2.29 bits per heavy atom. The second kappa shape index (κ2) is 7.44. The maximum Gasteiger partial charge on any atom is 0.129 e. The zero-order valence-electron chi connectivity index (χ0n) is 11.3. The summed E-state index contributed by atoms with van der Waals surface area (Å²) in [6.07, 6.45) is 5.12. The van der Waals surface area contributed by atoms with Gasteiger partial charge in [-0.25, -0.2) is 4.39 Å². The Morgan fingerprint density at radius 1 is 1.06 bits per heavy atom. The molecule has 0 aliphatic carbocycles. The quantitative estimate of drug-likeness (QED) is 0.704. The zero-order chi connectivity index (χ0) is 12.7. The van der Waals surface area contributed by atoms with Crippen molar-refractivity contribution in [2.45, 2.75) is 53.0 Å². The van der Waals surface area contributed by atoms with Gasteiger partial charge in [0, 0.05) is 6.54 Å². The highest BCUT2D eigenvalue weighted by molar-refractivity contribution is 5.30. The third-order valence-corrected chi connectivity index (χ3v) is 3.03. The number of hydrogen-bond donors (Lipinski definition) is 1. The molecule has 1 aromatic carbocycles. The van der Waals surface area contributed by atoms with Crippen LogP contribution < -0.4 is 5.32 Å². The van der Waals surface area contributed by atoms with Crippen LogP contribution in [0, 0.1) is 19.7 Å². The maximum atomic E-state index is 13.4. The minimum Gasteiger partial charge on any atom is -0.313 e. The SMILES string of the molecule is CCCCCCNCc1cc(C)c(F)c(C)c1. The summed E-state index contributed by atoms with van der Waals surface area (Å²) in [6.45, 7) is 7.77. The van der Waals surface area contributed by atoms with Gasteiger partial charge >= 0.3 is 0 Å². The molecule has 0 aliphatic rings. The number of rotatable bonds is 7. The average molecular weight is 237 g/mol. The van der Waals surface area contributed by atoms with Crippen LogP contribution >= 0.6 is 0 Å². The average Bonchev–Trinajstić information content (AvgIpc) is 2.30. The molecule has 1 N–H and O–H groups in total. The molecular weight excluding hydrogens is 213 g/mol. The monoisotopic (exact) mass is 237 g/mol. The highest BCUT2D eigenvalue weighted by Crippen LogP contribution is 2.14. The second-order valence-electron chi connectivity index (χ2n) is 4.78. The van der Waals surface area contributed by atoms with E-state index >= 15 is 0 Å². The summed E-state index contributed by atoms with van der Waals surface area (Å²) >= 11 is 0. The Morgan fingerprint density at radius 2 is 1.71 bits per heavy atom. The van der Waals surface area contributed by atoms with E-state index in [1.807, 2.05) is 26.0 Å². The number of unbranched alkanes of at least 4 members (excludes halogenated alkanes) is 3. The van der Waals surface area contributed by atoms with Crippen LogP contribution in [0.2, 0.25) is 0 Å². The van der Waals surface area contributed by atoms with Gasteiger partial charge in [-0.3, -0.25) is 0 Å². The van der Waals surface area contributed by atoms with Crippen LogP contribution in [0.25, 0.3) is 0 Å². The smallest absolute Gasteiger partial charge is 0.129 e. The standard InChI is InChI=1S/C15H24FN/c1-4-5-6-7-8-17-11-14-9-12(2)15(16)13(3)10-14/h9-10,17H,4-8,11H2,1-3H3. The fourth-order valence-corrected chi connectivity index (χ4v) is 2.05. The molecule has 0 heterocycles. The van der Waals surface area contributed by atoms with E-state index in [1.165, 1.54) is 31.2 Å². The highest BCUT2D eigenvalue weighted by Gasteiger charge is 2.03. The van der Waals surface area contributed by atoms with Crippen molar-refractivity contribution in [3.63, 3.8) is 0 Å². The van der Waals surface area contributed by atoms with Gasteiger partial charge in [0.25, 0.3) is 0 Å². The first-order chi connectivity index (χ1) is 8.15. The van der Waals surface area contributed by atoms with E-state index in [4.69, 9.17) is 0 Å². The van der Waals surface area contributed by atoms with Gasteiger partial charge in [0.15, 0.2) is 0 Å². The van der Waals surface area contributed by atoms with Gasteiger partial charge in [-0.1, -0.05) is 38.3 Å². The molecule has 2 heteroatoms. The van der Waals surface area contributed by atoms with Crippen molar-refractivity contribution in [1.82, 2.24) is 5.32 Å². The minimum absolute atomic E-state index is 0.0725. The molecule has 0 aliphatic heterocycles. The van der Waals surface area contributed by atoms with Crippen molar-refractivity contribution >= 4 is 0 Å². The molecule has 0 spiro atoms. The summed E-state index contributed by atoms with van der Waals surface area (Å²) < 4.78 is 13.4. The molecule has 0 amide bonds. The Hall–Kier alpha value is -0.890. The van der Waals surface area contributed by atoms with Crippen LogP contribution in [0.5, 0.6) is 0 Å². The van der Waals surface area contributed by atoms with Crippen LogP contribution in [0.15, 0.2) is 12.1 Å². The molecule has 0 saturated heterocycles. The molecule has 0 bridgehead atoms. The molecule has 0 saturated carbocycles. The number of nitrogens with one attached hydrogen (secondary N) is 1. The lowest BCUT2D eigenvalue weighted by atomic mass is 10.1. The molecule has 0 atom stereocenters. The van der Waals surface area contributed by atoms with E-state index in [-0.39, 0.29) is 5.82 Å². The summed E-state index contributed by atoms with van der Waals surface area (Å²) in [5.74, 6) is -0.0725. The molecule has 17 heavy (non-hydrogen) atoms. The topological polar surface area (TPSA) is 12.0 Å². The second-order valence-corrected chi connectivity index (χ2v) is 4.78. The van der Waals surface area contributed by atoms with Gasteiger partial charge in [-0.05, 0) is 43.5 Å². The lowest BCUT2D eigenvalue weighted by Gasteiger charge is -2.08. The van der Waals surface area contributed by atoms with Gasteiger partial charge in [-0.15, -0.1) is 0 Å². The van der Waals surface area contributed by atoms with E-state index in [1.54, 1.807) is 0 Å². The molecule has 0 unspecified atom stereocenters. The lowest BCUT2D eigenvalue weighted by molar-refractivity contribution is 0.592. The van der Waals surface area contributed by atoms with Gasteiger partial charge < -0.3 is 5.32 Å². The van der Waals surface area contributed by atoms with Crippen LogP contribution in [0.3, 0.4) is 0 Å². The Labute approximate surface area is 104 Å². The molecular formula is C15H24FN. The molecule has 0 fully saturated rings. The highest BCUT2D eigenvalue weighted by atomic mass is 19.1. The molecule has 1 rings (SSSR count). The Balaban J connectivity index is 2.32. The normalized spacial score (nSPS) is 10.8. The number of aryl methyl sites for hydroxylation is 2. The van der Waals surface area contributed by atoms with Crippen molar-refractivity contribution in [2.24, 2.45) is 0 Å². The first kappa shape index (κ1) is 14.2. The van der Waals surface area contributed by atoms with Crippen LogP contribution in [0.1, 0.15) is 49.3 Å². The lowest BCUT2D eigenvalue weighted by Crippen LogP contribution is -2.15. The molecule has 0 radical (unpaired) electrons. The minimum atomic E-state index is -0.0725. The van der Waals surface area contributed by atoms with Gasteiger partial charge in [0.05, 0.1) is 0 Å². The molecule has 1 aromatic rings. The largest absolute Gasteiger partial charge is 0.313 e. The van der Waals surface area contributed by atoms with Gasteiger partial charge in [-0.2, -0.15) is 0 Å². The summed E-state index contributed by atoms with van der Waals surface area (Å²) in [6, 6.07) is 3.86. The Bertz CT molecular complexity index is 324. The van der Waals surface area contributed by atoms with Crippen molar-refractivity contribution in [2.75, 3.05) is 6.54 Å². The fraction of sp³-hybridized carbons (Fsp3) is 0.600. The summed E-state index contributed by atoms with van der Waals surface area (Å²) in [4.78, 5) is 0. The number of hydrogen-bond acceptors (Lipinski definition) is 1. The van der Waals surface area contributed by atoms with E-state index in [9.17, 15) is 4.39 Å². The summed E-state index contributed by atoms with van der Waals surface area (Å²) in [5, 5.41) is 3.41. The third-order valence-electron chi connectivity index (χ3n) is 3.03. The van der Waals surface area contributed by atoms with Gasteiger partial charge in [0.1, 0.15) is 5.82 Å². The van der Waals surface area contributed by atoms with Crippen molar-refractivity contribution in [3.05, 3.63) is 34.6 Å². The van der Waals surface area contributed by atoms with E-state index < -0.39 is 0 Å². The number of halogens is 1. The Kier molecular flexibility index (Phi) is 6.20. The first-order valence-electron chi connectivity index (χ1n) is 6.61. The predicted molar refractivity (Wildman–Crippen MR) is 71.7 cm³/mol. The predicted octanol–water partition coefficient (Wildman–Crippen LogP) is 4.11. The zero-order valence-corrected chi connectivity index (χ0v) is 11.3. The number of benzene rings is 1.